The van der Waals surface area contributed by atoms with Gasteiger partial charge in [0.1, 0.15) is 0 Å². The molecule has 1 saturated heterocycles. The molecule has 2 radical (unpaired) electrons. The van der Waals surface area contributed by atoms with E-state index in [0.29, 0.717) is 16.5 Å². The van der Waals surface area contributed by atoms with Crippen LogP contribution in [0.3, 0.4) is 0 Å². The third-order valence-corrected chi connectivity index (χ3v) is 12.2. The Morgan fingerprint density at radius 1 is 0.964 bits per heavy atom. The second-order valence-electron chi connectivity index (χ2n) is 9.71. The first kappa shape index (κ1) is 26.1. The number of hydrogen-bond acceptors (Lipinski definition) is 3. The SMILES string of the molecule is CCCC[C](CCCC)(CCCC)[Sn][C]1(O)CCN(C(=O)OC(C)(C)C)CC1. The molecule has 164 valence electrons. The molecule has 28 heavy (non-hydrogen) atoms. The van der Waals surface area contributed by atoms with Crippen LogP contribution < -0.4 is 0 Å². The predicted octanol–water partition coefficient (Wildman–Crippen LogP) is 6.14. The quantitative estimate of drug-likeness (QED) is 0.346. The summed E-state index contributed by atoms with van der Waals surface area (Å²) in [6, 6.07) is 0. The van der Waals surface area contributed by atoms with Crippen LogP contribution in [0, 0.1) is 0 Å². The topological polar surface area (TPSA) is 49.8 Å². The number of hydrogen-bond donors (Lipinski definition) is 1. The zero-order chi connectivity index (χ0) is 21.3. The van der Waals surface area contributed by atoms with Gasteiger partial charge in [-0.2, -0.15) is 0 Å². The molecular weight excluding hydrogens is 457 g/mol. The maximum absolute atomic E-state index is 12.4. The Hall–Kier alpha value is 0.0287. The standard InChI is InChI=1S/C13H27.C10H18NO3.Sn/c1-4-7-10-13(11-8-5-2)12-9-6-3;1-10(2,3)14-9(13)11-6-4-8(12)5-7-11;/h4-12H2,1-3H3;12H,4-7H2,1-3H3;. The van der Waals surface area contributed by atoms with E-state index in [1.165, 1.54) is 57.8 Å². The van der Waals surface area contributed by atoms with Crippen LogP contribution in [0.1, 0.15) is 112 Å². The van der Waals surface area contributed by atoms with Gasteiger partial charge in [0, 0.05) is 0 Å². The minimum atomic E-state index is -1.04. The van der Waals surface area contributed by atoms with Crippen molar-refractivity contribution in [1.82, 2.24) is 4.90 Å². The van der Waals surface area contributed by atoms with E-state index in [9.17, 15) is 9.90 Å². The van der Waals surface area contributed by atoms with Crippen LogP contribution >= 0.6 is 0 Å². The van der Waals surface area contributed by atoms with Gasteiger partial charge in [0.05, 0.1) is 0 Å². The number of amides is 1. The Morgan fingerprint density at radius 2 is 1.39 bits per heavy atom. The average Bonchev–Trinajstić information content (AvgIpc) is 2.61. The van der Waals surface area contributed by atoms with Crippen molar-refractivity contribution in [2.24, 2.45) is 0 Å². The molecule has 1 fully saturated rings. The summed E-state index contributed by atoms with van der Waals surface area (Å²) in [6.07, 6.45) is 12.7. The minimum absolute atomic E-state index is 0.228. The number of aliphatic hydroxyl groups is 1. The summed E-state index contributed by atoms with van der Waals surface area (Å²) in [5.74, 6) is 0. The van der Waals surface area contributed by atoms with E-state index < -0.39 is 30.4 Å². The van der Waals surface area contributed by atoms with Crippen molar-refractivity contribution in [2.45, 2.75) is 125 Å². The fourth-order valence-electron chi connectivity index (χ4n) is 4.11. The van der Waals surface area contributed by atoms with Crippen molar-refractivity contribution in [3.63, 3.8) is 0 Å². The van der Waals surface area contributed by atoms with Gasteiger partial charge in [-0.05, 0) is 0 Å². The molecule has 0 aromatic carbocycles. The van der Waals surface area contributed by atoms with E-state index >= 15 is 0 Å². The van der Waals surface area contributed by atoms with Gasteiger partial charge in [-0.25, -0.2) is 0 Å². The van der Waals surface area contributed by atoms with Crippen LogP contribution in [-0.4, -0.2) is 59.5 Å². The van der Waals surface area contributed by atoms with Crippen LogP contribution in [-0.2, 0) is 4.74 Å². The third-order valence-electron chi connectivity index (χ3n) is 5.77. The molecule has 1 rings (SSSR count). The van der Waals surface area contributed by atoms with E-state index in [1.54, 1.807) is 4.90 Å². The van der Waals surface area contributed by atoms with Crippen LogP contribution in [0.25, 0.3) is 0 Å². The summed E-state index contributed by atoms with van der Waals surface area (Å²) in [5, 5.41) is 11.5. The molecule has 0 aromatic rings. The molecule has 1 N–H and O–H groups in total. The van der Waals surface area contributed by atoms with Crippen molar-refractivity contribution in [3.05, 3.63) is 0 Å². The van der Waals surface area contributed by atoms with Crippen LogP contribution in [0.15, 0.2) is 0 Å². The molecule has 0 aromatic heterocycles. The molecule has 1 heterocycles. The molecule has 1 aliphatic rings. The summed E-state index contributed by atoms with van der Waals surface area (Å²) >= 11 is -1.04. The molecule has 0 bridgehead atoms. The van der Waals surface area contributed by atoms with Crippen molar-refractivity contribution < 1.29 is 14.6 Å². The molecule has 1 aliphatic heterocycles. The first-order chi connectivity index (χ1) is 13.1. The van der Waals surface area contributed by atoms with Gasteiger partial charge < -0.3 is 0 Å². The van der Waals surface area contributed by atoms with Crippen molar-refractivity contribution in [3.8, 4) is 0 Å². The van der Waals surface area contributed by atoms with Crippen LogP contribution in [0.2, 0.25) is 3.43 Å². The maximum atomic E-state index is 12.4. The Kier molecular flexibility index (Phi) is 11.2. The second-order valence-corrected chi connectivity index (χ2v) is 16.1. The van der Waals surface area contributed by atoms with E-state index in [2.05, 4.69) is 20.8 Å². The fourth-order valence-corrected chi connectivity index (χ4v) is 10.9. The Bertz CT molecular complexity index is 431. The number of nitrogens with zero attached hydrogens (tertiary/aromatic N) is 1. The Labute approximate surface area is 184 Å². The number of likely N-dealkylation sites (tertiary alicyclic amines) is 1. The summed E-state index contributed by atoms with van der Waals surface area (Å²) in [5.41, 5.74) is -0.461. The molecule has 0 saturated carbocycles. The van der Waals surface area contributed by atoms with Gasteiger partial charge in [0.2, 0.25) is 0 Å². The summed E-state index contributed by atoms with van der Waals surface area (Å²) in [6.45, 7) is 13.8. The van der Waals surface area contributed by atoms with E-state index in [1.807, 2.05) is 20.8 Å². The zero-order valence-electron chi connectivity index (χ0n) is 19.4. The van der Waals surface area contributed by atoms with Gasteiger partial charge in [0.15, 0.2) is 0 Å². The Balaban J connectivity index is 2.79. The molecule has 1 amide bonds. The Morgan fingerprint density at radius 3 is 1.75 bits per heavy atom. The van der Waals surface area contributed by atoms with Gasteiger partial charge in [0.25, 0.3) is 0 Å². The molecule has 0 spiro atoms. The zero-order valence-corrected chi connectivity index (χ0v) is 22.3. The molecular formula is C23H45NO3Sn. The molecule has 0 aliphatic carbocycles. The average molecular weight is 502 g/mol. The van der Waals surface area contributed by atoms with E-state index in [0.717, 1.165) is 12.8 Å². The number of unbranched alkanes of at least 4 members (excludes halogenated alkanes) is 3. The van der Waals surface area contributed by atoms with Gasteiger partial charge in [-0.1, -0.05) is 0 Å². The second kappa shape index (κ2) is 12.0. The third kappa shape index (κ3) is 9.23. The van der Waals surface area contributed by atoms with Crippen molar-refractivity contribution >= 4 is 27.2 Å². The fraction of sp³-hybridized carbons (Fsp3) is 0.957. The van der Waals surface area contributed by atoms with E-state index in [-0.39, 0.29) is 6.09 Å². The number of ether oxygens (including phenoxy) is 1. The number of carbonyl (C=O) groups is 1. The number of rotatable bonds is 11. The van der Waals surface area contributed by atoms with Gasteiger partial charge in [-0.15, -0.1) is 0 Å². The predicted molar refractivity (Wildman–Crippen MR) is 119 cm³/mol. The van der Waals surface area contributed by atoms with Gasteiger partial charge >= 0.3 is 185 Å². The normalized spacial score (nSPS) is 17.6. The first-order valence-electron chi connectivity index (χ1n) is 11.6. The van der Waals surface area contributed by atoms with Crippen molar-refractivity contribution in [1.29, 1.82) is 0 Å². The first-order valence-corrected chi connectivity index (χ1v) is 14.4. The molecule has 4 nitrogen and oxygen atoms in total. The summed E-state index contributed by atoms with van der Waals surface area (Å²) in [7, 11) is 0. The van der Waals surface area contributed by atoms with E-state index in [4.69, 9.17) is 4.74 Å². The van der Waals surface area contributed by atoms with Gasteiger partial charge in [-0.3, -0.25) is 0 Å². The van der Waals surface area contributed by atoms with Crippen molar-refractivity contribution in [2.75, 3.05) is 13.1 Å². The number of carbonyl (C=O) groups excluding carboxylic acids is 1. The monoisotopic (exact) mass is 503 g/mol. The summed E-state index contributed by atoms with van der Waals surface area (Å²) < 4.78 is 5.47. The molecule has 5 heteroatoms. The summed E-state index contributed by atoms with van der Waals surface area (Å²) in [4.78, 5) is 14.2. The molecule has 0 unspecified atom stereocenters. The van der Waals surface area contributed by atoms with Crippen LogP contribution in [0.4, 0.5) is 4.79 Å². The molecule has 0 atom stereocenters. The number of piperidine rings is 1. The van der Waals surface area contributed by atoms with Crippen LogP contribution in [0.5, 0.6) is 0 Å².